The second-order valence-corrected chi connectivity index (χ2v) is 6.72. The van der Waals surface area contributed by atoms with Crippen molar-refractivity contribution < 1.29 is 28.5 Å². The van der Waals surface area contributed by atoms with Crippen LogP contribution < -0.4 is 9.47 Å². The number of rotatable bonds is 6. The van der Waals surface area contributed by atoms with Gasteiger partial charge in [-0.1, -0.05) is 30.3 Å². The molecule has 28 heavy (non-hydrogen) atoms. The molecule has 1 amide bonds. The molecule has 2 aliphatic heterocycles. The fourth-order valence-electron chi connectivity index (χ4n) is 3.70. The average Bonchev–Trinajstić information content (AvgIpc) is 3.19. The Bertz CT molecular complexity index is 869. The SMILES string of the molecule is COC(=O)C1Cc2cc3c(cc2C(COCc2ccccc2)N1C=O)OCO3. The molecule has 2 aliphatic rings. The van der Waals surface area contributed by atoms with Gasteiger partial charge in [0.05, 0.1) is 26.4 Å². The standard InChI is InChI=1S/C21H21NO6/c1-25-21(24)17-7-15-8-19-20(28-13-27-19)9-16(15)18(22(17)12-23)11-26-10-14-5-3-2-4-6-14/h2-6,8-9,12,17-18H,7,10-11,13H2,1H3. The van der Waals surface area contributed by atoms with E-state index in [1.165, 1.54) is 12.0 Å². The highest BCUT2D eigenvalue weighted by atomic mass is 16.7. The highest BCUT2D eigenvalue weighted by molar-refractivity contribution is 5.80. The molecule has 0 N–H and O–H groups in total. The summed E-state index contributed by atoms with van der Waals surface area (Å²) in [5, 5.41) is 0. The van der Waals surface area contributed by atoms with E-state index in [1.807, 2.05) is 42.5 Å². The van der Waals surface area contributed by atoms with Gasteiger partial charge in [-0.15, -0.1) is 0 Å². The van der Waals surface area contributed by atoms with Crippen LogP contribution in [0.4, 0.5) is 0 Å². The summed E-state index contributed by atoms with van der Waals surface area (Å²) in [7, 11) is 1.32. The summed E-state index contributed by atoms with van der Waals surface area (Å²) in [5.41, 5.74) is 2.85. The van der Waals surface area contributed by atoms with E-state index in [4.69, 9.17) is 18.9 Å². The molecule has 2 heterocycles. The number of ether oxygens (including phenoxy) is 4. The molecule has 7 nitrogen and oxygen atoms in total. The van der Waals surface area contributed by atoms with Crippen molar-refractivity contribution in [1.29, 1.82) is 0 Å². The van der Waals surface area contributed by atoms with Crippen LogP contribution in [0.5, 0.6) is 11.5 Å². The summed E-state index contributed by atoms with van der Waals surface area (Å²) in [6.07, 6.45) is 1.04. The lowest BCUT2D eigenvalue weighted by atomic mass is 9.88. The Morgan fingerprint density at radius 3 is 2.68 bits per heavy atom. The van der Waals surface area contributed by atoms with Crippen molar-refractivity contribution in [2.45, 2.75) is 25.1 Å². The molecule has 0 bridgehead atoms. The summed E-state index contributed by atoms with van der Waals surface area (Å²) < 4.78 is 21.8. The van der Waals surface area contributed by atoms with E-state index in [1.54, 1.807) is 0 Å². The van der Waals surface area contributed by atoms with Gasteiger partial charge >= 0.3 is 5.97 Å². The predicted octanol–water partition coefficient (Wildman–Crippen LogP) is 2.23. The Labute approximate surface area is 162 Å². The third kappa shape index (κ3) is 3.41. The molecule has 0 saturated carbocycles. The van der Waals surface area contributed by atoms with Gasteiger partial charge in [-0.05, 0) is 28.8 Å². The van der Waals surface area contributed by atoms with Crippen LogP contribution in [-0.4, -0.2) is 43.8 Å². The fraction of sp³-hybridized carbons (Fsp3) is 0.333. The lowest BCUT2D eigenvalue weighted by molar-refractivity contribution is -0.152. The Morgan fingerprint density at radius 2 is 1.96 bits per heavy atom. The summed E-state index contributed by atoms with van der Waals surface area (Å²) >= 11 is 0. The monoisotopic (exact) mass is 383 g/mol. The molecule has 7 heteroatoms. The first kappa shape index (κ1) is 18.3. The number of hydrogen-bond donors (Lipinski definition) is 0. The number of esters is 1. The number of carbonyl (C=O) groups is 2. The van der Waals surface area contributed by atoms with Gasteiger partial charge in [-0.2, -0.15) is 0 Å². The number of nitrogens with zero attached hydrogens (tertiary/aromatic N) is 1. The normalized spacial score (nSPS) is 19.8. The third-order valence-corrected chi connectivity index (χ3v) is 5.11. The molecule has 0 aliphatic carbocycles. The summed E-state index contributed by atoms with van der Waals surface area (Å²) in [4.78, 5) is 25.7. The van der Waals surface area contributed by atoms with E-state index < -0.39 is 18.1 Å². The average molecular weight is 383 g/mol. The maximum absolute atomic E-state index is 12.3. The first-order chi connectivity index (χ1) is 13.7. The number of methoxy groups -OCH3 is 1. The zero-order chi connectivity index (χ0) is 19.5. The molecule has 4 rings (SSSR count). The molecule has 0 fully saturated rings. The van der Waals surface area contributed by atoms with Gasteiger partial charge in [-0.25, -0.2) is 4.79 Å². The molecular weight excluding hydrogens is 362 g/mol. The Hall–Kier alpha value is -3.06. The van der Waals surface area contributed by atoms with E-state index in [0.717, 1.165) is 16.7 Å². The quantitative estimate of drug-likeness (QED) is 0.563. The van der Waals surface area contributed by atoms with Crippen LogP contribution in [0.15, 0.2) is 42.5 Å². The number of fused-ring (bicyclic) bond motifs is 2. The predicted molar refractivity (Wildman–Crippen MR) is 98.8 cm³/mol. The molecule has 2 aromatic carbocycles. The first-order valence-electron chi connectivity index (χ1n) is 9.06. The zero-order valence-electron chi connectivity index (χ0n) is 15.5. The van der Waals surface area contributed by atoms with Gasteiger partial charge in [-0.3, -0.25) is 4.79 Å². The summed E-state index contributed by atoms with van der Waals surface area (Å²) in [6.45, 7) is 0.811. The van der Waals surface area contributed by atoms with Crippen molar-refractivity contribution in [1.82, 2.24) is 4.90 Å². The van der Waals surface area contributed by atoms with E-state index >= 15 is 0 Å². The zero-order valence-corrected chi connectivity index (χ0v) is 15.5. The van der Waals surface area contributed by atoms with Gasteiger partial charge in [0.15, 0.2) is 11.5 Å². The smallest absolute Gasteiger partial charge is 0.328 e. The molecule has 0 radical (unpaired) electrons. The van der Waals surface area contributed by atoms with Gasteiger partial charge in [0.1, 0.15) is 6.04 Å². The van der Waals surface area contributed by atoms with Gasteiger partial charge in [0, 0.05) is 6.42 Å². The fourth-order valence-corrected chi connectivity index (χ4v) is 3.70. The maximum Gasteiger partial charge on any atom is 0.328 e. The lowest BCUT2D eigenvalue weighted by Crippen LogP contribution is -2.49. The molecular formula is C21H21NO6. The van der Waals surface area contributed by atoms with E-state index in [9.17, 15) is 9.59 Å². The lowest BCUT2D eigenvalue weighted by Gasteiger charge is -2.39. The van der Waals surface area contributed by atoms with Crippen LogP contribution in [0.25, 0.3) is 0 Å². The minimum Gasteiger partial charge on any atom is -0.467 e. The van der Waals surface area contributed by atoms with Gasteiger partial charge in [0.2, 0.25) is 13.2 Å². The molecule has 0 saturated heterocycles. The van der Waals surface area contributed by atoms with Crippen LogP contribution in [-0.2, 0) is 32.1 Å². The van der Waals surface area contributed by atoms with Crippen molar-refractivity contribution >= 4 is 12.4 Å². The third-order valence-electron chi connectivity index (χ3n) is 5.11. The van der Waals surface area contributed by atoms with Crippen molar-refractivity contribution in [3.05, 3.63) is 59.2 Å². The van der Waals surface area contributed by atoms with Crippen LogP contribution in [0.2, 0.25) is 0 Å². The van der Waals surface area contributed by atoms with Crippen LogP contribution in [0.1, 0.15) is 22.7 Å². The van der Waals surface area contributed by atoms with Crippen molar-refractivity contribution in [2.75, 3.05) is 20.5 Å². The number of hydrogen-bond acceptors (Lipinski definition) is 6. The minimum absolute atomic E-state index is 0.158. The summed E-state index contributed by atoms with van der Waals surface area (Å²) in [5.74, 6) is 0.823. The Kier molecular flexibility index (Phi) is 5.16. The van der Waals surface area contributed by atoms with Crippen LogP contribution in [0, 0.1) is 0 Å². The Morgan fingerprint density at radius 1 is 1.21 bits per heavy atom. The molecule has 146 valence electrons. The number of carbonyl (C=O) groups excluding carboxylic acids is 2. The second-order valence-electron chi connectivity index (χ2n) is 6.72. The van der Waals surface area contributed by atoms with Crippen LogP contribution >= 0.6 is 0 Å². The number of amides is 1. The van der Waals surface area contributed by atoms with E-state index in [2.05, 4.69) is 0 Å². The minimum atomic E-state index is -0.708. The molecule has 0 spiro atoms. The van der Waals surface area contributed by atoms with Crippen LogP contribution in [0.3, 0.4) is 0 Å². The van der Waals surface area contributed by atoms with E-state index in [-0.39, 0.29) is 13.4 Å². The molecule has 2 atom stereocenters. The largest absolute Gasteiger partial charge is 0.467 e. The second kappa shape index (κ2) is 7.90. The van der Waals surface area contributed by atoms with E-state index in [0.29, 0.717) is 30.9 Å². The molecule has 0 aromatic heterocycles. The first-order valence-corrected chi connectivity index (χ1v) is 9.06. The van der Waals surface area contributed by atoms with Crippen molar-refractivity contribution in [3.8, 4) is 11.5 Å². The highest BCUT2D eigenvalue weighted by Crippen LogP contribution is 2.41. The molecule has 2 aromatic rings. The van der Waals surface area contributed by atoms with Gasteiger partial charge in [0.25, 0.3) is 0 Å². The van der Waals surface area contributed by atoms with Crippen molar-refractivity contribution in [3.63, 3.8) is 0 Å². The maximum atomic E-state index is 12.3. The highest BCUT2D eigenvalue weighted by Gasteiger charge is 2.39. The number of benzene rings is 2. The van der Waals surface area contributed by atoms with Gasteiger partial charge < -0.3 is 23.8 Å². The summed E-state index contributed by atoms with van der Waals surface area (Å²) in [6, 6.07) is 12.4. The topological polar surface area (TPSA) is 74.3 Å². The molecule has 2 unspecified atom stereocenters. The van der Waals surface area contributed by atoms with Crippen molar-refractivity contribution in [2.24, 2.45) is 0 Å². The Balaban J connectivity index is 1.63.